The van der Waals surface area contributed by atoms with Gasteiger partial charge in [0.1, 0.15) is 0 Å². The van der Waals surface area contributed by atoms with E-state index in [1.165, 1.54) is 18.5 Å². The fraction of sp³-hybridized carbons (Fsp3) is 0.750. The quantitative estimate of drug-likeness (QED) is 0.701. The lowest BCUT2D eigenvalue weighted by Gasteiger charge is -2.09. The summed E-state index contributed by atoms with van der Waals surface area (Å²) in [5.74, 6) is 0. The molecule has 0 saturated heterocycles. The molecule has 1 N–H and O–H groups in total. The van der Waals surface area contributed by atoms with Crippen LogP contribution in [0.15, 0.2) is 12.3 Å². The Hall–Kier alpha value is -0.830. The minimum absolute atomic E-state index is 0.147. The van der Waals surface area contributed by atoms with E-state index in [4.69, 9.17) is 0 Å². The Bertz CT molecular complexity index is 270. The van der Waals surface area contributed by atoms with Gasteiger partial charge in [-0.3, -0.25) is 4.68 Å². The summed E-state index contributed by atoms with van der Waals surface area (Å²) < 4.78 is 1.87. The van der Waals surface area contributed by atoms with Gasteiger partial charge in [-0.1, -0.05) is 26.2 Å². The number of unbranched alkanes of at least 4 members (excludes halogenated alkanes) is 2. The summed E-state index contributed by atoms with van der Waals surface area (Å²) >= 11 is 0. The molecule has 1 unspecified atom stereocenters. The third kappa shape index (κ3) is 4.47. The first-order valence-electron chi connectivity index (χ1n) is 5.89. The second-order valence-electron chi connectivity index (χ2n) is 4.13. The summed E-state index contributed by atoms with van der Waals surface area (Å²) in [5, 5.41) is 13.8. The van der Waals surface area contributed by atoms with E-state index >= 15 is 0 Å². The van der Waals surface area contributed by atoms with Gasteiger partial charge in [0.05, 0.1) is 6.10 Å². The summed E-state index contributed by atoms with van der Waals surface area (Å²) in [6.45, 7) is 2.18. The van der Waals surface area contributed by atoms with Crippen LogP contribution in [0, 0.1) is 0 Å². The number of aromatic nitrogens is 2. The van der Waals surface area contributed by atoms with E-state index in [1.54, 1.807) is 6.20 Å². The van der Waals surface area contributed by atoms with E-state index in [0.717, 1.165) is 25.7 Å². The van der Waals surface area contributed by atoms with E-state index in [1.807, 2.05) is 17.8 Å². The van der Waals surface area contributed by atoms with E-state index in [0.29, 0.717) is 0 Å². The van der Waals surface area contributed by atoms with Gasteiger partial charge in [0.15, 0.2) is 0 Å². The SMILES string of the molecule is CCCCCC(O)CCc1ccnn1C. The van der Waals surface area contributed by atoms with Gasteiger partial charge in [-0.15, -0.1) is 0 Å². The highest BCUT2D eigenvalue weighted by atomic mass is 16.3. The van der Waals surface area contributed by atoms with Crippen LogP contribution in [-0.4, -0.2) is 21.0 Å². The van der Waals surface area contributed by atoms with Crippen LogP contribution in [0.25, 0.3) is 0 Å². The molecule has 1 rings (SSSR count). The van der Waals surface area contributed by atoms with E-state index < -0.39 is 0 Å². The lowest BCUT2D eigenvalue weighted by molar-refractivity contribution is 0.150. The molecule has 0 aliphatic heterocycles. The lowest BCUT2D eigenvalue weighted by atomic mass is 10.1. The Kier molecular flexibility index (Phi) is 5.40. The molecule has 0 aromatic carbocycles. The molecule has 3 heteroatoms. The first kappa shape index (κ1) is 12.2. The third-order valence-corrected chi connectivity index (χ3v) is 2.80. The molecule has 86 valence electrons. The number of nitrogens with zero attached hydrogens (tertiary/aromatic N) is 2. The van der Waals surface area contributed by atoms with Gasteiger partial charge in [-0.05, 0) is 25.3 Å². The molecular weight excluding hydrogens is 188 g/mol. The molecule has 0 fully saturated rings. The van der Waals surface area contributed by atoms with Crippen molar-refractivity contribution in [2.24, 2.45) is 7.05 Å². The molecule has 0 aliphatic carbocycles. The molecule has 1 heterocycles. The van der Waals surface area contributed by atoms with Crippen molar-refractivity contribution >= 4 is 0 Å². The van der Waals surface area contributed by atoms with Gasteiger partial charge in [0.25, 0.3) is 0 Å². The summed E-state index contributed by atoms with van der Waals surface area (Å²) in [6, 6.07) is 2.01. The number of rotatable bonds is 7. The van der Waals surface area contributed by atoms with Crippen molar-refractivity contribution in [2.75, 3.05) is 0 Å². The van der Waals surface area contributed by atoms with Crippen molar-refractivity contribution in [2.45, 2.75) is 51.6 Å². The minimum Gasteiger partial charge on any atom is -0.393 e. The van der Waals surface area contributed by atoms with E-state index in [9.17, 15) is 5.11 Å². The number of hydrogen-bond acceptors (Lipinski definition) is 2. The first-order chi connectivity index (χ1) is 7.24. The average Bonchev–Trinajstić information content (AvgIpc) is 2.61. The molecule has 0 aliphatic rings. The summed E-state index contributed by atoms with van der Waals surface area (Å²) in [7, 11) is 1.94. The van der Waals surface area contributed by atoms with Crippen molar-refractivity contribution in [1.82, 2.24) is 9.78 Å². The predicted molar refractivity (Wildman–Crippen MR) is 61.7 cm³/mol. The second-order valence-corrected chi connectivity index (χ2v) is 4.13. The van der Waals surface area contributed by atoms with Crippen molar-refractivity contribution in [3.8, 4) is 0 Å². The average molecular weight is 210 g/mol. The molecule has 0 saturated carbocycles. The van der Waals surface area contributed by atoms with Gasteiger partial charge in [-0.2, -0.15) is 5.10 Å². The fourth-order valence-electron chi connectivity index (χ4n) is 1.74. The van der Waals surface area contributed by atoms with Crippen LogP contribution in [0.3, 0.4) is 0 Å². The molecule has 1 aromatic heterocycles. The Balaban J connectivity index is 2.16. The Morgan fingerprint density at radius 1 is 1.40 bits per heavy atom. The Labute approximate surface area is 92.1 Å². The van der Waals surface area contributed by atoms with Crippen molar-refractivity contribution in [1.29, 1.82) is 0 Å². The highest BCUT2D eigenvalue weighted by molar-refractivity contribution is 4.99. The van der Waals surface area contributed by atoms with Gasteiger partial charge < -0.3 is 5.11 Å². The zero-order valence-electron chi connectivity index (χ0n) is 9.82. The number of aliphatic hydroxyl groups is 1. The molecule has 0 radical (unpaired) electrons. The molecular formula is C12H22N2O. The van der Waals surface area contributed by atoms with Crippen LogP contribution >= 0.6 is 0 Å². The van der Waals surface area contributed by atoms with Crippen LogP contribution in [0.5, 0.6) is 0 Å². The maximum absolute atomic E-state index is 9.74. The van der Waals surface area contributed by atoms with Crippen LogP contribution in [0.1, 0.15) is 44.7 Å². The Morgan fingerprint density at radius 2 is 2.20 bits per heavy atom. The standard InChI is InChI=1S/C12H22N2O/c1-3-4-5-6-12(15)8-7-11-9-10-13-14(11)2/h9-10,12,15H,3-8H2,1-2H3. The van der Waals surface area contributed by atoms with Crippen LogP contribution < -0.4 is 0 Å². The number of hydrogen-bond donors (Lipinski definition) is 1. The normalized spacial score (nSPS) is 13.0. The second kappa shape index (κ2) is 6.62. The highest BCUT2D eigenvalue weighted by Crippen LogP contribution is 2.09. The minimum atomic E-state index is -0.147. The molecule has 1 aromatic rings. The van der Waals surface area contributed by atoms with Crippen LogP contribution in [0.2, 0.25) is 0 Å². The summed E-state index contributed by atoms with van der Waals surface area (Å²) in [6.07, 6.45) is 7.95. The van der Waals surface area contributed by atoms with Gasteiger partial charge >= 0.3 is 0 Å². The first-order valence-corrected chi connectivity index (χ1v) is 5.89. The highest BCUT2D eigenvalue weighted by Gasteiger charge is 2.05. The van der Waals surface area contributed by atoms with Gasteiger partial charge in [-0.25, -0.2) is 0 Å². The summed E-state index contributed by atoms with van der Waals surface area (Å²) in [4.78, 5) is 0. The molecule has 1 atom stereocenters. The lowest BCUT2D eigenvalue weighted by Crippen LogP contribution is -2.09. The van der Waals surface area contributed by atoms with Crippen LogP contribution in [0.4, 0.5) is 0 Å². The smallest absolute Gasteiger partial charge is 0.0544 e. The monoisotopic (exact) mass is 210 g/mol. The predicted octanol–water partition coefficient (Wildman–Crippen LogP) is 2.29. The van der Waals surface area contributed by atoms with Crippen LogP contribution in [-0.2, 0) is 13.5 Å². The van der Waals surface area contributed by atoms with Crippen molar-refractivity contribution in [3.63, 3.8) is 0 Å². The molecule has 0 spiro atoms. The molecule has 3 nitrogen and oxygen atoms in total. The largest absolute Gasteiger partial charge is 0.393 e. The zero-order valence-corrected chi connectivity index (χ0v) is 9.82. The molecule has 0 bridgehead atoms. The van der Waals surface area contributed by atoms with Gasteiger partial charge in [0, 0.05) is 18.9 Å². The third-order valence-electron chi connectivity index (χ3n) is 2.80. The fourth-order valence-corrected chi connectivity index (χ4v) is 1.74. The number of aliphatic hydroxyl groups excluding tert-OH is 1. The van der Waals surface area contributed by atoms with E-state index in [-0.39, 0.29) is 6.10 Å². The molecule has 0 amide bonds. The zero-order chi connectivity index (χ0) is 11.1. The maximum atomic E-state index is 9.74. The van der Waals surface area contributed by atoms with E-state index in [2.05, 4.69) is 12.0 Å². The molecule has 15 heavy (non-hydrogen) atoms. The van der Waals surface area contributed by atoms with Gasteiger partial charge in [0.2, 0.25) is 0 Å². The van der Waals surface area contributed by atoms with Crippen molar-refractivity contribution in [3.05, 3.63) is 18.0 Å². The van der Waals surface area contributed by atoms with Crippen molar-refractivity contribution < 1.29 is 5.11 Å². The topological polar surface area (TPSA) is 38.1 Å². The Morgan fingerprint density at radius 3 is 2.80 bits per heavy atom. The number of aryl methyl sites for hydroxylation is 2. The maximum Gasteiger partial charge on any atom is 0.0544 e. The summed E-state index contributed by atoms with van der Waals surface area (Å²) in [5.41, 5.74) is 1.20.